The molecular weight excluding hydrogens is 342 g/mol. The third-order valence-corrected chi connectivity index (χ3v) is 4.93. The largest absolute Gasteiger partial charge is 0.381 e. The van der Waals surface area contributed by atoms with Crippen LogP contribution in [0.25, 0.3) is 16.7 Å². The van der Waals surface area contributed by atoms with Crippen molar-refractivity contribution in [2.24, 2.45) is 11.5 Å². The minimum Gasteiger partial charge on any atom is -0.381 e. The molecule has 27 heavy (non-hydrogen) atoms. The lowest BCUT2D eigenvalue weighted by atomic mass is 9.83. The fourth-order valence-corrected chi connectivity index (χ4v) is 3.64. The molecule has 2 aromatic carbocycles. The third kappa shape index (κ3) is 2.81. The predicted octanol–water partition coefficient (Wildman–Crippen LogP) is 1.89. The highest BCUT2D eigenvalue weighted by atomic mass is 16.1. The molecule has 6 heteroatoms. The number of nitrogens with two attached hydrogens (primary N) is 2. The number of carbonyl (C=O) groups excluding carboxylic acids is 3. The maximum atomic E-state index is 11.9. The molecule has 134 valence electrons. The minimum absolute atomic E-state index is 0.0438. The topological polar surface area (TPSA) is 115 Å². The lowest BCUT2D eigenvalue weighted by Gasteiger charge is -2.27. The number of carbonyl (C=O) groups is 3. The monoisotopic (exact) mass is 359 g/mol. The summed E-state index contributed by atoms with van der Waals surface area (Å²) in [6.07, 6.45) is 3.68. The Morgan fingerprint density at radius 2 is 1.70 bits per heavy atom. The van der Waals surface area contributed by atoms with E-state index in [1.807, 2.05) is 18.2 Å². The Balaban J connectivity index is 1.95. The SMILES string of the molecule is NC(=O)c1ccc(C(N)=O)c(-c2cccc3c2CNC2=C3CC(=O)C=C2)c1. The molecular formula is C21H17N3O3. The van der Waals surface area contributed by atoms with Gasteiger partial charge in [-0.05, 0) is 58.2 Å². The first kappa shape index (κ1) is 16.8. The molecule has 1 aliphatic heterocycles. The number of allylic oxidation sites excluding steroid dienone is 3. The molecule has 2 aromatic rings. The summed E-state index contributed by atoms with van der Waals surface area (Å²) in [4.78, 5) is 35.4. The van der Waals surface area contributed by atoms with Crippen molar-refractivity contribution in [1.82, 2.24) is 5.32 Å². The van der Waals surface area contributed by atoms with Crippen LogP contribution < -0.4 is 16.8 Å². The van der Waals surface area contributed by atoms with E-state index in [0.717, 1.165) is 28.0 Å². The van der Waals surface area contributed by atoms with E-state index in [1.165, 1.54) is 12.1 Å². The van der Waals surface area contributed by atoms with Crippen molar-refractivity contribution in [1.29, 1.82) is 0 Å². The molecule has 0 saturated carbocycles. The number of hydrogen-bond acceptors (Lipinski definition) is 4. The molecule has 2 aliphatic rings. The van der Waals surface area contributed by atoms with Crippen LogP contribution in [0.15, 0.2) is 54.2 Å². The standard InChI is InChI=1S/C21H17N3O3/c22-20(26)11-4-6-15(21(23)27)16(8-11)13-2-1-3-14-17-9-12(25)5-7-19(17)24-10-18(13)14/h1-8,24H,9-10H2,(H2,22,26)(H2,23,27). The number of primary amides is 2. The first-order valence-electron chi connectivity index (χ1n) is 8.50. The molecule has 0 radical (unpaired) electrons. The number of rotatable bonds is 3. The van der Waals surface area contributed by atoms with Gasteiger partial charge >= 0.3 is 0 Å². The maximum absolute atomic E-state index is 11.9. The van der Waals surface area contributed by atoms with Gasteiger partial charge in [-0.2, -0.15) is 0 Å². The van der Waals surface area contributed by atoms with E-state index < -0.39 is 11.8 Å². The van der Waals surface area contributed by atoms with Crippen LogP contribution in [0, 0.1) is 0 Å². The molecule has 0 unspecified atom stereocenters. The smallest absolute Gasteiger partial charge is 0.249 e. The van der Waals surface area contributed by atoms with Crippen LogP contribution in [0.1, 0.15) is 38.3 Å². The zero-order chi connectivity index (χ0) is 19.1. The average molecular weight is 359 g/mol. The summed E-state index contributed by atoms with van der Waals surface area (Å²) in [5.41, 5.74) is 16.7. The van der Waals surface area contributed by atoms with Crippen LogP contribution in [0.4, 0.5) is 0 Å². The highest BCUT2D eigenvalue weighted by molar-refractivity contribution is 6.05. The molecule has 0 saturated heterocycles. The number of amides is 2. The summed E-state index contributed by atoms with van der Waals surface area (Å²) in [5.74, 6) is -1.12. The van der Waals surface area contributed by atoms with Gasteiger partial charge < -0.3 is 16.8 Å². The zero-order valence-corrected chi connectivity index (χ0v) is 14.4. The van der Waals surface area contributed by atoms with Gasteiger partial charge in [0.1, 0.15) is 0 Å². The second-order valence-corrected chi connectivity index (χ2v) is 6.54. The quantitative estimate of drug-likeness (QED) is 0.776. The Morgan fingerprint density at radius 1 is 0.926 bits per heavy atom. The van der Waals surface area contributed by atoms with Gasteiger partial charge in [0.2, 0.25) is 11.8 Å². The van der Waals surface area contributed by atoms with E-state index in [1.54, 1.807) is 18.2 Å². The van der Waals surface area contributed by atoms with Gasteiger partial charge in [-0.3, -0.25) is 14.4 Å². The van der Waals surface area contributed by atoms with E-state index in [4.69, 9.17) is 11.5 Å². The van der Waals surface area contributed by atoms with E-state index in [0.29, 0.717) is 29.7 Å². The van der Waals surface area contributed by atoms with E-state index in [-0.39, 0.29) is 5.78 Å². The molecule has 4 rings (SSSR count). The summed E-state index contributed by atoms with van der Waals surface area (Å²) in [6.45, 7) is 0.530. The minimum atomic E-state index is -0.585. The Labute approximate surface area is 155 Å². The lowest BCUT2D eigenvalue weighted by Crippen LogP contribution is -2.24. The van der Waals surface area contributed by atoms with Crippen molar-refractivity contribution in [2.45, 2.75) is 13.0 Å². The molecule has 0 spiro atoms. The summed E-state index contributed by atoms with van der Waals surface area (Å²) < 4.78 is 0. The Morgan fingerprint density at radius 3 is 2.44 bits per heavy atom. The van der Waals surface area contributed by atoms with Crippen molar-refractivity contribution < 1.29 is 14.4 Å². The average Bonchev–Trinajstić information content (AvgIpc) is 2.66. The fourth-order valence-electron chi connectivity index (χ4n) is 3.64. The van der Waals surface area contributed by atoms with Crippen molar-refractivity contribution in [3.63, 3.8) is 0 Å². The molecule has 0 bridgehead atoms. The molecule has 0 atom stereocenters. The van der Waals surface area contributed by atoms with E-state index in [9.17, 15) is 14.4 Å². The van der Waals surface area contributed by atoms with Crippen LogP contribution in [0.2, 0.25) is 0 Å². The second-order valence-electron chi connectivity index (χ2n) is 6.54. The van der Waals surface area contributed by atoms with Crippen LogP contribution in [-0.4, -0.2) is 17.6 Å². The Hall–Kier alpha value is -3.67. The first-order chi connectivity index (χ1) is 13.0. The summed E-state index contributed by atoms with van der Waals surface area (Å²) in [7, 11) is 0. The van der Waals surface area contributed by atoms with E-state index >= 15 is 0 Å². The summed E-state index contributed by atoms with van der Waals surface area (Å²) >= 11 is 0. The fraction of sp³-hybridized carbons (Fsp3) is 0.0952. The summed E-state index contributed by atoms with van der Waals surface area (Å²) in [6, 6.07) is 10.3. The molecule has 0 aromatic heterocycles. The van der Waals surface area contributed by atoms with Crippen LogP contribution in [-0.2, 0) is 11.3 Å². The molecule has 0 fully saturated rings. The van der Waals surface area contributed by atoms with Gasteiger partial charge in [0.25, 0.3) is 0 Å². The van der Waals surface area contributed by atoms with Crippen LogP contribution >= 0.6 is 0 Å². The molecule has 6 nitrogen and oxygen atoms in total. The van der Waals surface area contributed by atoms with Crippen molar-refractivity contribution in [2.75, 3.05) is 0 Å². The Kier molecular flexibility index (Phi) is 3.88. The van der Waals surface area contributed by atoms with E-state index in [2.05, 4.69) is 5.32 Å². The van der Waals surface area contributed by atoms with Gasteiger partial charge in [0.15, 0.2) is 5.78 Å². The van der Waals surface area contributed by atoms with Crippen LogP contribution in [0.5, 0.6) is 0 Å². The van der Waals surface area contributed by atoms with Gasteiger partial charge in [-0.15, -0.1) is 0 Å². The summed E-state index contributed by atoms with van der Waals surface area (Å²) in [5, 5.41) is 3.33. The van der Waals surface area contributed by atoms with Crippen molar-refractivity contribution in [3.8, 4) is 11.1 Å². The maximum Gasteiger partial charge on any atom is 0.249 e. The van der Waals surface area contributed by atoms with Gasteiger partial charge in [0.05, 0.1) is 0 Å². The number of fused-ring (bicyclic) bond motifs is 2. The molecule has 5 N–H and O–H groups in total. The highest BCUT2D eigenvalue weighted by Gasteiger charge is 2.25. The van der Waals surface area contributed by atoms with Crippen molar-refractivity contribution in [3.05, 3.63) is 76.5 Å². The second kappa shape index (κ2) is 6.25. The number of ketones is 1. The van der Waals surface area contributed by atoms with Crippen molar-refractivity contribution >= 4 is 23.2 Å². The first-order valence-corrected chi connectivity index (χ1v) is 8.50. The van der Waals surface area contributed by atoms with Gasteiger partial charge in [-0.1, -0.05) is 18.2 Å². The number of hydrogen-bond donors (Lipinski definition) is 3. The number of benzene rings is 2. The molecule has 2 amide bonds. The normalized spacial score (nSPS) is 15.0. The molecule has 1 heterocycles. The predicted molar refractivity (Wildman–Crippen MR) is 101 cm³/mol. The third-order valence-electron chi connectivity index (χ3n) is 4.93. The van der Waals surface area contributed by atoms with Gasteiger partial charge in [0, 0.05) is 29.8 Å². The Bertz CT molecular complexity index is 1080. The zero-order valence-electron chi connectivity index (χ0n) is 14.4. The van der Waals surface area contributed by atoms with Crippen LogP contribution in [0.3, 0.4) is 0 Å². The lowest BCUT2D eigenvalue weighted by molar-refractivity contribution is -0.113. The van der Waals surface area contributed by atoms with Gasteiger partial charge in [-0.25, -0.2) is 0 Å². The highest BCUT2D eigenvalue weighted by Crippen LogP contribution is 2.38. The molecule has 1 aliphatic carbocycles. The number of nitrogens with one attached hydrogen (secondary N) is 1.